The Morgan fingerprint density at radius 3 is 1.91 bits per heavy atom. The fraction of sp³-hybridized carbons (Fsp3) is 0.500. The van der Waals surface area contributed by atoms with E-state index >= 15 is 0 Å². The summed E-state index contributed by atoms with van der Waals surface area (Å²) in [5.74, 6) is 2.99. The molecule has 5 atom stereocenters. The zero-order valence-corrected chi connectivity index (χ0v) is 20.3. The lowest BCUT2D eigenvalue weighted by Crippen LogP contribution is -2.68. The summed E-state index contributed by atoms with van der Waals surface area (Å²) >= 11 is 0. The minimum Gasteiger partial charge on any atom is -0.493 e. The number of benzene rings is 2. The zero-order valence-electron chi connectivity index (χ0n) is 20.3. The number of hydrogen-bond acceptors (Lipinski definition) is 7. The van der Waals surface area contributed by atoms with E-state index in [2.05, 4.69) is 41.1 Å². The lowest BCUT2D eigenvalue weighted by Gasteiger charge is -2.59. The molecule has 4 aliphatic heterocycles. The van der Waals surface area contributed by atoms with Crippen molar-refractivity contribution in [2.24, 2.45) is 0 Å². The first kappa shape index (κ1) is 21.6. The molecule has 2 aromatic carbocycles. The molecule has 2 unspecified atom stereocenters. The number of carbonyl (C=O) groups is 1. The summed E-state index contributed by atoms with van der Waals surface area (Å²) in [7, 11) is 8.91. The van der Waals surface area contributed by atoms with Gasteiger partial charge in [0.25, 0.3) is 0 Å². The maximum atomic E-state index is 12.3. The van der Waals surface area contributed by atoms with Gasteiger partial charge in [-0.25, -0.2) is 0 Å². The van der Waals surface area contributed by atoms with E-state index in [1.165, 1.54) is 22.3 Å². The Labute approximate surface area is 199 Å². The normalized spacial score (nSPS) is 29.1. The van der Waals surface area contributed by atoms with Crippen molar-refractivity contribution in [3.05, 3.63) is 46.5 Å². The smallest absolute Gasteiger partial charge is 0.211 e. The summed E-state index contributed by atoms with van der Waals surface area (Å²) in [6, 6.07) is 9.22. The van der Waals surface area contributed by atoms with E-state index in [1.54, 1.807) is 28.4 Å². The third-order valence-electron chi connectivity index (χ3n) is 8.40. The van der Waals surface area contributed by atoms with E-state index in [9.17, 15) is 4.79 Å². The molecule has 0 aromatic heterocycles. The molecule has 0 radical (unpaired) electrons. The van der Waals surface area contributed by atoms with Gasteiger partial charge in [-0.2, -0.15) is 0 Å². The Kier molecular flexibility index (Phi) is 4.93. The van der Waals surface area contributed by atoms with Crippen LogP contribution >= 0.6 is 0 Å². The van der Waals surface area contributed by atoms with E-state index in [0.717, 1.165) is 42.2 Å². The fourth-order valence-corrected chi connectivity index (χ4v) is 6.98. The van der Waals surface area contributed by atoms with E-state index in [0.29, 0.717) is 6.54 Å². The van der Waals surface area contributed by atoms with Gasteiger partial charge >= 0.3 is 0 Å². The Morgan fingerprint density at radius 2 is 1.32 bits per heavy atom. The molecular weight excluding hydrogens is 434 g/mol. The number of carbonyl (C=O) groups excluding carboxylic acids is 1. The SMILES string of the molecule is COc1cc2c(cc1OC)C1CN(C=O)[C@H]3[C@@H]4Cc5cc(OC)c(OC)cc5[C@H](C(C2)N13)N4C. The van der Waals surface area contributed by atoms with Crippen LogP contribution < -0.4 is 18.9 Å². The van der Waals surface area contributed by atoms with Crippen molar-refractivity contribution in [2.75, 3.05) is 42.0 Å². The summed E-state index contributed by atoms with van der Waals surface area (Å²) in [5, 5.41) is 0. The van der Waals surface area contributed by atoms with Crippen molar-refractivity contribution in [2.45, 2.75) is 43.2 Å². The second-order valence-corrected chi connectivity index (χ2v) is 9.64. The average Bonchev–Trinajstić information content (AvgIpc) is 3.25. The van der Waals surface area contributed by atoms with Gasteiger partial charge in [-0.15, -0.1) is 0 Å². The van der Waals surface area contributed by atoms with Crippen LogP contribution in [0.5, 0.6) is 23.0 Å². The average molecular weight is 466 g/mol. The molecule has 8 heteroatoms. The summed E-state index contributed by atoms with van der Waals surface area (Å²) in [5.41, 5.74) is 5.05. The van der Waals surface area contributed by atoms with Gasteiger partial charge in [0.05, 0.1) is 40.5 Å². The first-order valence-corrected chi connectivity index (χ1v) is 11.7. The predicted molar refractivity (Wildman–Crippen MR) is 126 cm³/mol. The van der Waals surface area contributed by atoms with Gasteiger partial charge in [0.15, 0.2) is 23.0 Å². The number of nitrogens with zero attached hydrogens (tertiary/aromatic N) is 3. The summed E-state index contributed by atoms with van der Waals surface area (Å²) in [6.07, 6.45) is 2.77. The molecule has 4 aliphatic rings. The zero-order chi connectivity index (χ0) is 23.7. The van der Waals surface area contributed by atoms with Crippen molar-refractivity contribution in [3.63, 3.8) is 0 Å². The molecule has 0 saturated carbocycles. The second kappa shape index (κ2) is 7.78. The molecule has 0 N–H and O–H groups in total. The number of likely N-dealkylation sites (N-methyl/N-ethyl adjacent to an activating group) is 1. The number of hydrogen-bond donors (Lipinski definition) is 0. The number of ether oxygens (including phenoxy) is 4. The molecule has 1 amide bonds. The van der Waals surface area contributed by atoms with Crippen molar-refractivity contribution in [1.82, 2.24) is 14.7 Å². The van der Waals surface area contributed by atoms with Crippen molar-refractivity contribution in [3.8, 4) is 23.0 Å². The van der Waals surface area contributed by atoms with Gasteiger partial charge in [-0.3, -0.25) is 14.6 Å². The van der Waals surface area contributed by atoms with E-state index in [1.807, 2.05) is 4.90 Å². The van der Waals surface area contributed by atoms with Crippen LogP contribution in [0.2, 0.25) is 0 Å². The van der Waals surface area contributed by atoms with Gasteiger partial charge in [0.1, 0.15) is 6.17 Å². The van der Waals surface area contributed by atoms with Gasteiger partial charge in [-0.1, -0.05) is 0 Å². The van der Waals surface area contributed by atoms with Crippen LogP contribution in [0.25, 0.3) is 0 Å². The Bertz CT molecular complexity index is 1150. The standard InChI is InChI=1S/C26H31N3O5/c1-27-19-7-15-9-22(32-3)24(34-5)11-17(15)25(27)18-6-14-8-21(31-2)23(33-4)10-16(14)20-12-28(13-30)26(19)29(18)20/h8-11,13,18-20,25-26H,6-7,12H2,1-5H3/t18?,19-,20?,25+,26+/m0/s1. The molecular formula is C26H31N3O5. The maximum Gasteiger partial charge on any atom is 0.211 e. The molecule has 180 valence electrons. The highest BCUT2D eigenvalue weighted by molar-refractivity contribution is 5.56. The van der Waals surface area contributed by atoms with Gasteiger partial charge in [0, 0.05) is 18.6 Å². The Balaban J connectivity index is 1.54. The number of rotatable bonds is 5. The van der Waals surface area contributed by atoms with Crippen molar-refractivity contribution >= 4 is 6.41 Å². The largest absolute Gasteiger partial charge is 0.493 e. The number of piperazine rings is 1. The van der Waals surface area contributed by atoms with Gasteiger partial charge in [0.2, 0.25) is 6.41 Å². The van der Waals surface area contributed by atoms with E-state index in [4.69, 9.17) is 18.9 Å². The third-order valence-corrected chi connectivity index (χ3v) is 8.40. The number of methoxy groups -OCH3 is 4. The quantitative estimate of drug-likeness (QED) is 0.629. The highest BCUT2D eigenvalue weighted by atomic mass is 16.5. The van der Waals surface area contributed by atoms with Crippen LogP contribution in [-0.4, -0.2) is 81.4 Å². The van der Waals surface area contributed by atoms with Crippen LogP contribution in [0.15, 0.2) is 24.3 Å². The van der Waals surface area contributed by atoms with Crippen LogP contribution in [0.4, 0.5) is 0 Å². The predicted octanol–water partition coefficient (Wildman–Crippen LogP) is 2.40. The van der Waals surface area contributed by atoms with E-state index in [-0.39, 0.29) is 30.3 Å². The van der Waals surface area contributed by atoms with Crippen LogP contribution in [-0.2, 0) is 17.6 Å². The molecule has 2 saturated heterocycles. The summed E-state index contributed by atoms with van der Waals surface area (Å²) in [4.78, 5) is 19.3. The Morgan fingerprint density at radius 1 is 0.794 bits per heavy atom. The van der Waals surface area contributed by atoms with Gasteiger partial charge in [-0.05, 0) is 66.4 Å². The van der Waals surface area contributed by atoms with Crippen molar-refractivity contribution in [1.29, 1.82) is 0 Å². The molecule has 2 bridgehead atoms. The molecule has 34 heavy (non-hydrogen) atoms. The molecule has 2 fully saturated rings. The lowest BCUT2D eigenvalue weighted by atomic mass is 9.75. The molecule has 4 heterocycles. The first-order chi connectivity index (χ1) is 16.5. The minimum atomic E-state index is 0.0243. The molecule has 0 aliphatic carbocycles. The molecule has 8 nitrogen and oxygen atoms in total. The lowest BCUT2D eigenvalue weighted by molar-refractivity contribution is -0.131. The van der Waals surface area contributed by atoms with Gasteiger partial charge < -0.3 is 23.8 Å². The number of fused-ring (bicyclic) bond motifs is 8. The minimum absolute atomic E-state index is 0.0243. The molecule has 2 aromatic rings. The van der Waals surface area contributed by atoms with Crippen molar-refractivity contribution < 1.29 is 23.7 Å². The summed E-state index contributed by atoms with van der Waals surface area (Å²) in [6.45, 7) is 0.674. The monoisotopic (exact) mass is 465 g/mol. The van der Waals surface area contributed by atoms with Crippen LogP contribution in [0.3, 0.4) is 0 Å². The van der Waals surface area contributed by atoms with E-state index < -0.39 is 0 Å². The second-order valence-electron chi connectivity index (χ2n) is 9.64. The van der Waals surface area contributed by atoms with Crippen LogP contribution in [0.1, 0.15) is 34.3 Å². The molecule has 6 rings (SSSR count). The maximum absolute atomic E-state index is 12.3. The number of amides is 1. The highest BCUT2D eigenvalue weighted by Crippen LogP contribution is 2.54. The Hall–Kier alpha value is -2.97. The first-order valence-electron chi connectivity index (χ1n) is 11.7. The van der Waals surface area contributed by atoms with Crippen LogP contribution in [0, 0.1) is 0 Å². The molecule has 0 spiro atoms. The third kappa shape index (κ3) is 2.75. The topological polar surface area (TPSA) is 63.7 Å². The highest BCUT2D eigenvalue weighted by Gasteiger charge is 2.59. The fourth-order valence-electron chi connectivity index (χ4n) is 6.98. The summed E-state index contributed by atoms with van der Waals surface area (Å²) < 4.78 is 22.5.